The number of hydrogen-bond donors (Lipinski definition) is 0. The molecular weight excluding hydrogens is 351 g/mol. The van der Waals surface area contributed by atoms with Gasteiger partial charge >= 0.3 is 10.1 Å². The molecule has 1 heterocycles. The van der Waals surface area contributed by atoms with Gasteiger partial charge in [-0.3, -0.25) is 0 Å². The van der Waals surface area contributed by atoms with Gasteiger partial charge in [-0.25, -0.2) is 0 Å². The third-order valence-corrected chi connectivity index (χ3v) is 4.60. The lowest BCUT2D eigenvalue weighted by Crippen LogP contribution is -2.14. The third kappa shape index (κ3) is 3.92. The van der Waals surface area contributed by atoms with Crippen molar-refractivity contribution in [3.05, 3.63) is 40.0 Å². The van der Waals surface area contributed by atoms with E-state index in [1.807, 2.05) is 0 Å². The molecule has 22 heavy (non-hydrogen) atoms. The first-order valence-electron chi connectivity index (χ1n) is 6.31. The van der Waals surface area contributed by atoms with Gasteiger partial charge in [-0.05, 0) is 25.1 Å². The lowest BCUT2D eigenvalue weighted by Gasteiger charge is -2.09. The van der Waals surface area contributed by atoms with Gasteiger partial charge in [0.25, 0.3) is 0 Å². The normalized spacial score (nSPS) is 11.6. The summed E-state index contributed by atoms with van der Waals surface area (Å²) >= 11 is 11.9. The number of ether oxygens (including phenoxy) is 1. The lowest BCUT2D eigenvalue weighted by molar-refractivity contribution is 0.181. The molecule has 0 aliphatic rings. The molecule has 0 radical (unpaired) electrons. The fraction of sp³-hybridized carbons (Fsp3) is 0.308. The number of halogens is 2. The quantitative estimate of drug-likeness (QED) is 0.736. The minimum Gasteiger partial charge on any atom is -0.378 e. The third-order valence-electron chi connectivity index (χ3n) is 2.73. The zero-order valence-corrected chi connectivity index (χ0v) is 14.2. The second-order valence-corrected chi connectivity index (χ2v) is 7.02. The summed E-state index contributed by atoms with van der Waals surface area (Å²) in [6.45, 7) is 1.71. The Labute approximate surface area is 138 Å². The van der Waals surface area contributed by atoms with Gasteiger partial charge in [-0.2, -0.15) is 18.2 Å². The molecule has 0 amide bonds. The van der Waals surface area contributed by atoms with Crippen molar-refractivity contribution in [1.29, 1.82) is 0 Å². The first-order chi connectivity index (χ1) is 10.4. The van der Waals surface area contributed by atoms with Crippen LogP contribution in [0.3, 0.4) is 0 Å². The number of rotatable bonds is 6. The van der Waals surface area contributed by atoms with Crippen LogP contribution in [0.15, 0.2) is 24.3 Å². The van der Waals surface area contributed by atoms with Crippen LogP contribution in [0.25, 0.3) is 5.69 Å². The Balaban J connectivity index is 2.50. The van der Waals surface area contributed by atoms with Crippen molar-refractivity contribution in [2.45, 2.75) is 13.5 Å². The Bertz CT molecular complexity index is 774. The molecule has 0 atom stereocenters. The summed E-state index contributed by atoms with van der Waals surface area (Å²) in [4.78, 5) is 0. The van der Waals surface area contributed by atoms with E-state index >= 15 is 0 Å². The van der Waals surface area contributed by atoms with Gasteiger partial charge in [0.2, 0.25) is 5.88 Å². The molecule has 0 aliphatic heterocycles. The first kappa shape index (κ1) is 17.1. The van der Waals surface area contributed by atoms with Crippen LogP contribution in [0.4, 0.5) is 0 Å². The largest absolute Gasteiger partial charge is 0.378 e. The molecule has 6 nitrogen and oxygen atoms in total. The summed E-state index contributed by atoms with van der Waals surface area (Å²) in [5, 5.41) is 4.97. The van der Waals surface area contributed by atoms with Gasteiger partial charge in [-0.15, -0.1) is 0 Å². The fourth-order valence-corrected chi connectivity index (χ4v) is 2.47. The second kappa shape index (κ2) is 6.87. The lowest BCUT2D eigenvalue weighted by atomic mass is 10.3. The highest BCUT2D eigenvalue weighted by atomic mass is 35.5. The molecule has 0 N–H and O–H groups in total. The Kier molecular flexibility index (Phi) is 5.33. The smallest absolute Gasteiger partial charge is 0.310 e. The van der Waals surface area contributed by atoms with Gasteiger partial charge in [-0.1, -0.05) is 23.2 Å². The summed E-state index contributed by atoms with van der Waals surface area (Å²) in [7, 11) is -2.17. The molecule has 0 saturated heterocycles. The number of nitrogens with zero attached hydrogens (tertiary/aromatic N) is 2. The number of aromatic nitrogens is 2. The average Bonchev–Trinajstić information content (AvgIpc) is 2.84. The van der Waals surface area contributed by atoms with E-state index in [0.29, 0.717) is 21.4 Å². The summed E-state index contributed by atoms with van der Waals surface area (Å²) in [6.07, 6.45) is 0. The topological polar surface area (TPSA) is 70.4 Å². The Morgan fingerprint density at radius 1 is 1.23 bits per heavy atom. The van der Waals surface area contributed by atoms with Crippen molar-refractivity contribution in [2.75, 3.05) is 12.9 Å². The maximum Gasteiger partial charge on any atom is 0.310 e. The van der Waals surface area contributed by atoms with E-state index in [1.54, 1.807) is 18.2 Å². The van der Waals surface area contributed by atoms with E-state index < -0.39 is 10.1 Å². The van der Waals surface area contributed by atoms with Crippen molar-refractivity contribution in [3.8, 4) is 11.6 Å². The molecule has 0 fully saturated rings. The molecule has 2 rings (SSSR count). The number of methoxy groups -OCH3 is 1. The van der Waals surface area contributed by atoms with E-state index in [4.69, 9.17) is 32.1 Å². The van der Waals surface area contributed by atoms with Crippen molar-refractivity contribution >= 4 is 33.3 Å². The monoisotopic (exact) mass is 364 g/mol. The minimum atomic E-state index is -3.68. The first-order valence-corrected chi connectivity index (χ1v) is 8.65. The maximum absolute atomic E-state index is 11.7. The zero-order chi connectivity index (χ0) is 16.3. The molecule has 0 bridgehead atoms. The van der Waals surface area contributed by atoms with Crippen LogP contribution in [-0.2, 0) is 21.5 Å². The highest BCUT2D eigenvalue weighted by Gasteiger charge is 2.18. The molecule has 120 valence electrons. The summed E-state index contributed by atoms with van der Waals surface area (Å²) in [5.74, 6) is -0.0913. The van der Waals surface area contributed by atoms with Crippen LogP contribution in [0, 0.1) is 0 Å². The van der Waals surface area contributed by atoms with E-state index in [2.05, 4.69) is 5.10 Å². The van der Waals surface area contributed by atoms with Crippen LogP contribution in [0.5, 0.6) is 5.88 Å². The Morgan fingerprint density at radius 2 is 1.95 bits per heavy atom. The van der Waals surface area contributed by atoms with Crippen molar-refractivity contribution in [1.82, 2.24) is 9.78 Å². The van der Waals surface area contributed by atoms with Crippen molar-refractivity contribution in [3.63, 3.8) is 0 Å². The summed E-state index contributed by atoms with van der Waals surface area (Å²) in [5.41, 5.74) is 1.05. The summed E-state index contributed by atoms with van der Waals surface area (Å²) in [6, 6.07) is 6.32. The highest BCUT2D eigenvalue weighted by Crippen LogP contribution is 2.27. The zero-order valence-electron chi connectivity index (χ0n) is 11.9. The molecular formula is C13H14Cl2N2O4S. The Hall–Kier alpha value is -1.28. The van der Waals surface area contributed by atoms with Crippen LogP contribution >= 0.6 is 23.2 Å². The van der Waals surface area contributed by atoms with E-state index in [1.165, 1.54) is 24.8 Å². The molecule has 0 aliphatic carbocycles. The fourth-order valence-electron chi connectivity index (χ4n) is 1.68. The number of benzene rings is 1. The van der Waals surface area contributed by atoms with E-state index in [-0.39, 0.29) is 18.2 Å². The van der Waals surface area contributed by atoms with Gasteiger partial charge in [0.05, 0.1) is 33.8 Å². The van der Waals surface area contributed by atoms with E-state index in [0.717, 1.165) is 0 Å². The van der Waals surface area contributed by atoms with Crippen LogP contribution in [-0.4, -0.2) is 31.1 Å². The number of hydrogen-bond acceptors (Lipinski definition) is 5. The Morgan fingerprint density at radius 3 is 2.55 bits per heavy atom. The predicted octanol–water partition coefficient (Wildman–Crippen LogP) is 3.05. The minimum absolute atomic E-state index is 0.0623. The molecule has 0 unspecified atom stereocenters. The standard InChI is InChI=1S/C13H14Cl2N2O4S/c1-3-22(18,19)21-13-6-9(8-20-2)16-17(13)10-4-5-11(14)12(15)7-10/h4-7H,3,8H2,1-2H3. The predicted molar refractivity (Wildman–Crippen MR) is 84.4 cm³/mol. The molecule has 1 aromatic carbocycles. The van der Waals surface area contributed by atoms with Crippen LogP contribution in [0.1, 0.15) is 12.6 Å². The van der Waals surface area contributed by atoms with Crippen molar-refractivity contribution < 1.29 is 17.3 Å². The molecule has 2 aromatic rings. The van der Waals surface area contributed by atoms with Gasteiger partial charge in [0.15, 0.2) is 0 Å². The van der Waals surface area contributed by atoms with Gasteiger partial charge < -0.3 is 8.92 Å². The summed E-state index contributed by atoms with van der Waals surface area (Å²) < 4.78 is 34.8. The van der Waals surface area contributed by atoms with Crippen molar-refractivity contribution in [2.24, 2.45) is 0 Å². The molecule has 9 heteroatoms. The molecule has 1 aromatic heterocycles. The van der Waals surface area contributed by atoms with Crippen LogP contribution < -0.4 is 4.18 Å². The highest BCUT2D eigenvalue weighted by molar-refractivity contribution is 7.87. The van der Waals surface area contributed by atoms with Crippen LogP contribution in [0.2, 0.25) is 10.0 Å². The molecule has 0 spiro atoms. The second-order valence-electron chi connectivity index (χ2n) is 4.35. The average molecular weight is 365 g/mol. The van der Waals surface area contributed by atoms with E-state index in [9.17, 15) is 8.42 Å². The SMILES string of the molecule is CCS(=O)(=O)Oc1cc(COC)nn1-c1ccc(Cl)c(Cl)c1. The van der Waals surface area contributed by atoms with Gasteiger partial charge in [0.1, 0.15) is 0 Å². The molecule has 0 saturated carbocycles. The van der Waals surface area contributed by atoms with Gasteiger partial charge in [0, 0.05) is 13.2 Å². The maximum atomic E-state index is 11.7.